The van der Waals surface area contributed by atoms with Gasteiger partial charge in [0, 0.05) is 11.3 Å². The Morgan fingerprint density at radius 2 is 1.92 bits per heavy atom. The number of benzene rings is 2. The van der Waals surface area contributed by atoms with Crippen LogP contribution in [0.3, 0.4) is 0 Å². The summed E-state index contributed by atoms with van der Waals surface area (Å²) in [6.07, 6.45) is 3.72. The Bertz CT molecular complexity index is 1040. The van der Waals surface area contributed by atoms with Gasteiger partial charge in [-0.05, 0) is 36.4 Å². The molecular formula is C19H13FN4O2. The highest BCUT2D eigenvalue weighted by Gasteiger charge is 2.15. The lowest BCUT2D eigenvalue weighted by Gasteiger charge is -2.07. The predicted molar refractivity (Wildman–Crippen MR) is 94.6 cm³/mol. The van der Waals surface area contributed by atoms with Crippen LogP contribution < -0.4 is 5.32 Å². The summed E-state index contributed by atoms with van der Waals surface area (Å²) in [6, 6.07) is 12.7. The van der Waals surface area contributed by atoms with Gasteiger partial charge in [-0.15, -0.1) is 10.2 Å². The van der Waals surface area contributed by atoms with Gasteiger partial charge in [-0.25, -0.2) is 4.39 Å². The quantitative estimate of drug-likeness (QED) is 0.783. The summed E-state index contributed by atoms with van der Waals surface area (Å²) in [4.78, 5) is 16.5. The van der Waals surface area contributed by atoms with E-state index in [9.17, 15) is 9.18 Å². The Balaban J connectivity index is 1.56. The van der Waals surface area contributed by atoms with Crippen molar-refractivity contribution >= 4 is 17.3 Å². The van der Waals surface area contributed by atoms with Gasteiger partial charge in [-0.1, -0.05) is 24.3 Å². The first kappa shape index (κ1) is 15.9. The summed E-state index contributed by atoms with van der Waals surface area (Å²) in [5.41, 5.74) is 1.75. The van der Waals surface area contributed by atoms with Gasteiger partial charge in [0.05, 0.1) is 12.1 Å². The highest BCUT2D eigenvalue weighted by molar-refractivity contribution is 6.06. The van der Waals surface area contributed by atoms with Crippen molar-refractivity contribution in [3.05, 3.63) is 78.0 Å². The maximum atomic E-state index is 13.7. The number of aliphatic imine (C=N–C) groups is 1. The molecule has 1 amide bonds. The molecule has 128 valence electrons. The number of rotatable bonds is 4. The third-order valence-corrected chi connectivity index (χ3v) is 3.77. The number of hydrogen-bond acceptors (Lipinski definition) is 5. The van der Waals surface area contributed by atoms with Gasteiger partial charge in [0.1, 0.15) is 11.5 Å². The van der Waals surface area contributed by atoms with Crippen LogP contribution >= 0.6 is 0 Å². The molecule has 1 aliphatic heterocycles. The second kappa shape index (κ2) is 6.72. The van der Waals surface area contributed by atoms with Gasteiger partial charge < -0.3 is 9.73 Å². The fourth-order valence-corrected chi connectivity index (χ4v) is 2.52. The molecule has 0 unspecified atom stereocenters. The molecule has 1 N–H and O–H groups in total. The molecule has 0 fully saturated rings. The Morgan fingerprint density at radius 1 is 1.08 bits per heavy atom. The van der Waals surface area contributed by atoms with Crippen LogP contribution in [0.4, 0.5) is 10.1 Å². The Kier molecular flexibility index (Phi) is 4.10. The third kappa shape index (κ3) is 3.14. The molecule has 7 heteroatoms. The van der Waals surface area contributed by atoms with Crippen LogP contribution in [0.25, 0.3) is 11.5 Å². The lowest BCUT2D eigenvalue weighted by Crippen LogP contribution is -2.13. The van der Waals surface area contributed by atoms with E-state index in [0.717, 1.165) is 0 Å². The van der Waals surface area contributed by atoms with E-state index in [0.29, 0.717) is 35.3 Å². The molecule has 3 aromatic rings. The lowest BCUT2D eigenvalue weighted by atomic mass is 10.1. The number of anilines is 1. The van der Waals surface area contributed by atoms with Crippen LogP contribution in [0, 0.1) is 5.82 Å². The zero-order valence-electron chi connectivity index (χ0n) is 13.5. The summed E-state index contributed by atoms with van der Waals surface area (Å²) in [6.45, 7) is 0.602. The van der Waals surface area contributed by atoms with Crippen LogP contribution in [-0.4, -0.2) is 28.4 Å². The van der Waals surface area contributed by atoms with Crippen molar-refractivity contribution in [1.82, 2.24) is 10.2 Å². The molecule has 1 aliphatic rings. The van der Waals surface area contributed by atoms with E-state index in [1.165, 1.54) is 18.2 Å². The minimum Gasteiger partial charge on any atom is -0.415 e. The molecule has 6 nitrogen and oxygen atoms in total. The minimum atomic E-state index is -0.576. The highest BCUT2D eigenvalue weighted by atomic mass is 19.1. The van der Waals surface area contributed by atoms with E-state index in [2.05, 4.69) is 20.5 Å². The Morgan fingerprint density at radius 3 is 2.73 bits per heavy atom. The first-order valence-electron chi connectivity index (χ1n) is 7.92. The van der Waals surface area contributed by atoms with Crippen LogP contribution in [0.5, 0.6) is 0 Å². The molecule has 26 heavy (non-hydrogen) atoms. The van der Waals surface area contributed by atoms with Crippen LogP contribution in [0.2, 0.25) is 0 Å². The van der Waals surface area contributed by atoms with E-state index in [1.807, 2.05) is 12.2 Å². The SMILES string of the molecule is O=C(Nc1cccc(-c2nnc(C3=NCC=C3)o2)c1)c1ccccc1F. The molecule has 0 saturated heterocycles. The number of allylic oxidation sites excluding steroid dienone is 1. The number of amides is 1. The smallest absolute Gasteiger partial charge is 0.266 e. The summed E-state index contributed by atoms with van der Waals surface area (Å²) < 4.78 is 19.4. The van der Waals surface area contributed by atoms with E-state index in [1.54, 1.807) is 30.3 Å². The standard InChI is InChI=1S/C19H13FN4O2/c20-15-8-2-1-7-14(15)17(25)22-13-6-3-5-12(11-13)18-23-24-19(26-18)16-9-4-10-21-16/h1-9,11H,10H2,(H,22,25). The molecule has 4 rings (SSSR count). The molecule has 0 spiro atoms. The molecule has 0 atom stereocenters. The number of aromatic nitrogens is 2. The predicted octanol–water partition coefficient (Wildman–Crippen LogP) is 3.49. The van der Waals surface area contributed by atoms with Gasteiger partial charge in [0.2, 0.25) is 5.89 Å². The molecule has 0 radical (unpaired) electrons. The van der Waals surface area contributed by atoms with Crippen LogP contribution in [-0.2, 0) is 0 Å². The second-order valence-corrected chi connectivity index (χ2v) is 5.56. The van der Waals surface area contributed by atoms with Gasteiger partial charge in [-0.3, -0.25) is 9.79 Å². The van der Waals surface area contributed by atoms with E-state index in [4.69, 9.17) is 4.42 Å². The van der Waals surface area contributed by atoms with Crippen molar-refractivity contribution in [3.63, 3.8) is 0 Å². The third-order valence-electron chi connectivity index (χ3n) is 3.77. The topological polar surface area (TPSA) is 80.4 Å². The fourth-order valence-electron chi connectivity index (χ4n) is 2.52. The van der Waals surface area contributed by atoms with Crippen molar-refractivity contribution in [3.8, 4) is 11.5 Å². The van der Waals surface area contributed by atoms with Gasteiger partial charge in [0.15, 0.2) is 0 Å². The van der Waals surface area contributed by atoms with Crippen molar-refractivity contribution < 1.29 is 13.6 Å². The van der Waals surface area contributed by atoms with E-state index in [-0.39, 0.29) is 5.56 Å². The molecule has 0 aliphatic carbocycles. The van der Waals surface area contributed by atoms with Crippen molar-refractivity contribution in [2.75, 3.05) is 11.9 Å². The van der Waals surface area contributed by atoms with Gasteiger partial charge in [-0.2, -0.15) is 0 Å². The number of hydrogen-bond donors (Lipinski definition) is 1. The molecular weight excluding hydrogens is 335 g/mol. The minimum absolute atomic E-state index is 0.0241. The maximum Gasteiger partial charge on any atom is 0.266 e. The van der Waals surface area contributed by atoms with E-state index < -0.39 is 11.7 Å². The van der Waals surface area contributed by atoms with E-state index >= 15 is 0 Å². The molecule has 1 aromatic heterocycles. The number of nitrogens with zero attached hydrogens (tertiary/aromatic N) is 3. The van der Waals surface area contributed by atoms with Crippen LogP contribution in [0.1, 0.15) is 16.2 Å². The Hall–Kier alpha value is -3.61. The van der Waals surface area contributed by atoms with Crippen molar-refractivity contribution in [2.24, 2.45) is 4.99 Å². The van der Waals surface area contributed by atoms with Crippen molar-refractivity contribution in [1.29, 1.82) is 0 Å². The second-order valence-electron chi connectivity index (χ2n) is 5.56. The summed E-state index contributed by atoms with van der Waals surface area (Å²) in [7, 11) is 0. The summed E-state index contributed by atoms with van der Waals surface area (Å²) in [5, 5.41) is 10.7. The van der Waals surface area contributed by atoms with Crippen LogP contribution in [0.15, 0.2) is 70.1 Å². The van der Waals surface area contributed by atoms with Gasteiger partial charge >= 0.3 is 0 Å². The highest BCUT2D eigenvalue weighted by Crippen LogP contribution is 2.23. The summed E-state index contributed by atoms with van der Waals surface area (Å²) >= 11 is 0. The first-order valence-corrected chi connectivity index (χ1v) is 7.92. The molecule has 2 aromatic carbocycles. The summed E-state index contributed by atoms with van der Waals surface area (Å²) in [5.74, 6) is -0.454. The largest absolute Gasteiger partial charge is 0.415 e. The van der Waals surface area contributed by atoms with Gasteiger partial charge in [0.25, 0.3) is 11.8 Å². The monoisotopic (exact) mass is 348 g/mol. The zero-order valence-corrected chi connectivity index (χ0v) is 13.5. The fraction of sp³-hybridized carbons (Fsp3) is 0.0526. The number of halogens is 1. The Labute approximate surface area is 148 Å². The first-order chi connectivity index (χ1) is 12.7. The lowest BCUT2D eigenvalue weighted by molar-refractivity contribution is 0.102. The normalized spacial score (nSPS) is 12.9. The zero-order chi connectivity index (χ0) is 17.9. The number of carbonyl (C=O) groups excluding carboxylic acids is 1. The van der Waals surface area contributed by atoms with Crippen molar-refractivity contribution in [2.45, 2.75) is 0 Å². The maximum absolute atomic E-state index is 13.7. The number of nitrogens with one attached hydrogen (secondary N) is 1. The molecule has 0 bridgehead atoms. The molecule has 2 heterocycles. The average Bonchev–Trinajstić information content (AvgIpc) is 3.34. The average molecular weight is 348 g/mol. The number of carbonyl (C=O) groups is 1. The molecule has 0 saturated carbocycles.